The quantitative estimate of drug-likeness (QED) is 0.568. The maximum atomic E-state index is 13.4. The number of pyridine rings is 1. The van der Waals surface area contributed by atoms with Crippen molar-refractivity contribution in [2.75, 3.05) is 4.90 Å². The molecule has 37 heavy (non-hydrogen) atoms. The number of halogens is 3. The van der Waals surface area contributed by atoms with Gasteiger partial charge in [0.1, 0.15) is 11.6 Å². The molecular weight excluding hydrogens is 485 g/mol. The van der Waals surface area contributed by atoms with Crippen molar-refractivity contribution in [3.63, 3.8) is 0 Å². The summed E-state index contributed by atoms with van der Waals surface area (Å²) >= 11 is 0. The van der Waals surface area contributed by atoms with Gasteiger partial charge in [0.25, 0.3) is 11.8 Å². The van der Waals surface area contributed by atoms with Crippen LogP contribution in [0.4, 0.5) is 19.0 Å². The maximum Gasteiger partial charge on any atom is 0.419 e. The molecule has 0 radical (unpaired) electrons. The molecule has 2 amide bonds. The number of nitrogens with one attached hydrogen (secondary N) is 2. The van der Waals surface area contributed by atoms with Crippen LogP contribution in [-0.2, 0) is 11.0 Å². The number of carbonyl (C=O) groups excluding carboxylic acids is 2. The van der Waals surface area contributed by atoms with Crippen molar-refractivity contribution < 1.29 is 27.5 Å². The van der Waals surface area contributed by atoms with Crippen LogP contribution in [0, 0.1) is 0 Å². The Bertz CT molecular complexity index is 1150. The minimum atomic E-state index is -4.58. The fourth-order valence-corrected chi connectivity index (χ4v) is 5.31. The van der Waals surface area contributed by atoms with Gasteiger partial charge in [-0.1, -0.05) is 12.1 Å². The SMILES string of the molecule is CC(C)(Oc1ccccc1C(F)(F)F)C(=O)NC1C[C@H]2CC[C@@H](C1)N2c1ccc(C(=O)NC2CC2)cn1. The Morgan fingerprint density at radius 3 is 2.22 bits per heavy atom. The van der Waals surface area contributed by atoms with Crippen LogP contribution < -0.4 is 20.3 Å². The number of fused-ring (bicyclic) bond motifs is 2. The molecule has 3 atom stereocenters. The second-order valence-corrected chi connectivity index (χ2v) is 10.7. The molecule has 2 bridgehead atoms. The Morgan fingerprint density at radius 1 is 0.946 bits per heavy atom. The van der Waals surface area contributed by atoms with Crippen LogP contribution in [0.15, 0.2) is 42.6 Å². The standard InChI is InChI=1S/C27H31F3N4O3/c1-26(2,37-22-6-4-3-5-21(22)27(28,29)30)25(36)33-18-13-19-10-11-20(14-18)34(19)23-12-7-16(15-31-23)24(35)32-17-8-9-17/h3-7,12,15,17-20H,8-11,13-14H2,1-2H3,(H,32,35)(H,33,36)/t18?,19-,20+. The fourth-order valence-electron chi connectivity index (χ4n) is 5.31. The average Bonchev–Trinajstić information content (AvgIpc) is 3.61. The summed E-state index contributed by atoms with van der Waals surface area (Å²) in [5.74, 6) is -0.113. The van der Waals surface area contributed by atoms with Crippen LogP contribution in [0.5, 0.6) is 5.75 Å². The second kappa shape index (κ2) is 9.54. The van der Waals surface area contributed by atoms with E-state index in [2.05, 4.69) is 20.5 Å². The van der Waals surface area contributed by atoms with E-state index in [0.717, 1.165) is 37.6 Å². The van der Waals surface area contributed by atoms with E-state index in [9.17, 15) is 22.8 Å². The van der Waals surface area contributed by atoms with E-state index in [1.807, 2.05) is 6.07 Å². The van der Waals surface area contributed by atoms with E-state index >= 15 is 0 Å². The molecule has 3 fully saturated rings. The lowest BCUT2D eigenvalue weighted by Crippen LogP contribution is -2.55. The van der Waals surface area contributed by atoms with E-state index in [4.69, 9.17) is 4.74 Å². The van der Waals surface area contributed by atoms with Gasteiger partial charge in [0.15, 0.2) is 5.60 Å². The first-order valence-corrected chi connectivity index (χ1v) is 12.7. The average molecular weight is 517 g/mol. The van der Waals surface area contributed by atoms with Gasteiger partial charge in [0, 0.05) is 30.4 Å². The molecule has 1 saturated carbocycles. The molecule has 3 heterocycles. The highest BCUT2D eigenvalue weighted by molar-refractivity contribution is 5.94. The van der Waals surface area contributed by atoms with Crippen molar-refractivity contribution in [2.45, 2.75) is 88.3 Å². The molecule has 1 aromatic heterocycles. The molecule has 2 aromatic rings. The maximum absolute atomic E-state index is 13.4. The lowest BCUT2D eigenvalue weighted by Gasteiger charge is -2.41. The van der Waals surface area contributed by atoms with Crippen molar-refractivity contribution in [1.82, 2.24) is 15.6 Å². The van der Waals surface area contributed by atoms with Gasteiger partial charge in [-0.3, -0.25) is 9.59 Å². The minimum Gasteiger partial charge on any atom is -0.477 e. The Balaban J connectivity index is 1.21. The molecule has 2 N–H and O–H groups in total. The number of nitrogens with zero attached hydrogens (tertiary/aromatic N) is 2. The van der Waals surface area contributed by atoms with Gasteiger partial charge in [-0.2, -0.15) is 13.2 Å². The molecule has 1 aliphatic carbocycles. The largest absolute Gasteiger partial charge is 0.477 e. The first-order valence-electron chi connectivity index (χ1n) is 12.7. The second-order valence-electron chi connectivity index (χ2n) is 10.7. The van der Waals surface area contributed by atoms with E-state index in [-0.39, 0.29) is 35.8 Å². The highest BCUT2D eigenvalue weighted by Gasteiger charge is 2.44. The third kappa shape index (κ3) is 5.52. The molecule has 0 spiro atoms. The predicted octanol–water partition coefficient (Wildman–Crippen LogP) is 4.47. The van der Waals surface area contributed by atoms with Crippen molar-refractivity contribution >= 4 is 17.6 Å². The van der Waals surface area contributed by atoms with Crippen molar-refractivity contribution in [2.24, 2.45) is 0 Å². The van der Waals surface area contributed by atoms with Crippen LogP contribution in [-0.4, -0.2) is 46.6 Å². The Labute approximate surface area is 213 Å². The molecule has 10 heteroatoms. The number of hydrogen-bond donors (Lipinski definition) is 2. The summed E-state index contributed by atoms with van der Waals surface area (Å²) in [6.07, 6.45) is 2.39. The summed E-state index contributed by atoms with van der Waals surface area (Å²) < 4.78 is 45.7. The molecular formula is C27H31F3N4O3. The van der Waals surface area contributed by atoms with Crippen LogP contribution in [0.25, 0.3) is 0 Å². The Morgan fingerprint density at radius 2 is 1.62 bits per heavy atom. The lowest BCUT2D eigenvalue weighted by atomic mass is 9.96. The highest BCUT2D eigenvalue weighted by atomic mass is 19.4. The van der Waals surface area contributed by atoms with E-state index < -0.39 is 23.2 Å². The Kier molecular flexibility index (Phi) is 6.53. The van der Waals surface area contributed by atoms with E-state index in [0.29, 0.717) is 18.4 Å². The van der Waals surface area contributed by atoms with E-state index in [1.54, 1.807) is 12.3 Å². The monoisotopic (exact) mass is 516 g/mol. The van der Waals surface area contributed by atoms with Gasteiger partial charge < -0.3 is 20.3 Å². The molecule has 7 nitrogen and oxygen atoms in total. The molecule has 198 valence electrons. The van der Waals surface area contributed by atoms with Gasteiger partial charge in [0.05, 0.1) is 11.1 Å². The predicted molar refractivity (Wildman–Crippen MR) is 131 cm³/mol. The summed E-state index contributed by atoms with van der Waals surface area (Å²) in [6, 6.07) is 9.10. The fraction of sp³-hybridized carbons (Fsp3) is 0.519. The number of anilines is 1. The number of carbonyl (C=O) groups is 2. The van der Waals surface area contributed by atoms with Gasteiger partial charge in [-0.15, -0.1) is 0 Å². The number of ether oxygens (including phenoxy) is 1. The van der Waals surface area contributed by atoms with Crippen molar-refractivity contribution in [3.8, 4) is 5.75 Å². The normalized spacial score (nSPS) is 23.5. The third-order valence-electron chi connectivity index (χ3n) is 7.36. The zero-order valence-corrected chi connectivity index (χ0v) is 20.8. The number of para-hydroxylation sites is 1. The smallest absolute Gasteiger partial charge is 0.419 e. The highest BCUT2D eigenvalue weighted by Crippen LogP contribution is 2.40. The zero-order chi connectivity index (χ0) is 26.4. The number of alkyl halides is 3. The first-order chi connectivity index (χ1) is 17.5. The molecule has 1 unspecified atom stereocenters. The van der Waals surface area contributed by atoms with Crippen LogP contribution in [0.3, 0.4) is 0 Å². The van der Waals surface area contributed by atoms with Crippen LogP contribution in [0.2, 0.25) is 0 Å². The lowest BCUT2D eigenvalue weighted by molar-refractivity contribution is -0.143. The molecule has 2 saturated heterocycles. The van der Waals surface area contributed by atoms with Crippen LogP contribution in [0.1, 0.15) is 68.3 Å². The Hall–Kier alpha value is -3.30. The summed E-state index contributed by atoms with van der Waals surface area (Å²) in [5.41, 5.74) is -1.86. The number of rotatable bonds is 7. The van der Waals surface area contributed by atoms with Crippen LogP contribution >= 0.6 is 0 Å². The van der Waals surface area contributed by atoms with Gasteiger partial charge in [-0.05, 0) is 76.6 Å². The third-order valence-corrected chi connectivity index (χ3v) is 7.36. The first kappa shape index (κ1) is 25.4. The number of amides is 2. The topological polar surface area (TPSA) is 83.6 Å². The van der Waals surface area contributed by atoms with Gasteiger partial charge in [0.2, 0.25) is 0 Å². The molecule has 1 aromatic carbocycles. The van der Waals surface area contributed by atoms with E-state index in [1.165, 1.54) is 32.0 Å². The number of aromatic nitrogens is 1. The summed E-state index contributed by atoms with van der Waals surface area (Å²) in [4.78, 5) is 32.2. The number of piperidine rings is 1. The zero-order valence-electron chi connectivity index (χ0n) is 20.8. The van der Waals surface area contributed by atoms with Crippen molar-refractivity contribution in [1.29, 1.82) is 0 Å². The molecule has 2 aliphatic heterocycles. The summed E-state index contributed by atoms with van der Waals surface area (Å²) in [6.45, 7) is 2.95. The van der Waals surface area contributed by atoms with Gasteiger partial charge in [-0.25, -0.2) is 4.98 Å². The molecule has 5 rings (SSSR count). The summed E-state index contributed by atoms with van der Waals surface area (Å²) in [5, 5.41) is 5.98. The van der Waals surface area contributed by atoms with Gasteiger partial charge >= 0.3 is 6.18 Å². The summed E-state index contributed by atoms with van der Waals surface area (Å²) in [7, 11) is 0. The number of hydrogen-bond acceptors (Lipinski definition) is 5. The minimum absolute atomic E-state index is 0.103. The number of benzene rings is 1. The van der Waals surface area contributed by atoms with Crippen molar-refractivity contribution in [3.05, 3.63) is 53.7 Å². The molecule has 3 aliphatic rings.